The fourth-order valence-corrected chi connectivity index (χ4v) is 16.1. The summed E-state index contributed by atoms with van der Waals surface area (Å²) in [4.78, 5) is 56.4. The van der Waals surface area contributed by atoms with E-state index in [2.05, 4.69) is 44.4 Å². The molecule has 0 aliphatic heterocycles. The van der Waals surface area contributed by atoms with Crippen LogP contribution in [0.3, 0.4) is 0 Å². The fourth-order valence-electron chi connectivity index (χ4n) is 14.2. The van der Waals surface area contributed by atoms with Crippen molar-refractivity contribution < 1.29 is 38.9 Å². The lowest BCUT2D eigenvalue weighted by molar-refractivity contribution is -0.149. The van der Waals surface area contributed by atoms with Crippen LogP contribution in [0.15, 0.2) is 0 Å². The molecule has 0 amide bonds. The topological polar surface area (TPSA) is 134 Å². The second-order valence-corrected chi connectivity index (χ2v) is 32.4. The summed E-state index contributed by atoms with van der Waals surface area (Å²) in [5.41, 5.74) is 0. The highest BCUT2D eigenvalue weighted by atomic mass is 32.2. The van der Waals surface area contributed by atoms with E-state index in [1.54, 1.807) is 23.5 Å². The van der Waals surface area contributed by atoms with Gasteiger partial charge in [-0.3, -0.25) is 19.2 Å². The first kappa shape index (κ1) is 96.8. The molecule has 0 saturated heterocycles. The van der Waals surface area contributed by atoms with Crippen LogP contribution >= 0.6 is 23.5 Å². The van der Waals surface area contributed by atoms with Crippen LogP contribution in [0.2, 0.25) is 0 Å². The molecule has 0 aliphatic carbocycles. The molecular formula is C86H168N2O8S2. The first-order chi connectivity index (χ1) is 48.2. The minimum atomic E-state index is -0.0251. The molecule has 2 N–H and O–H groups in total. The van der Waals surface area contributed by atoms with Gasteiger partial charge in [0.2, 0.25) is 0 Å². The van der Waals surface area contributed by atoms with Crippen molar-refractivity contribution in [2.75, 3.05) is 77.2 Å². The average molecular weight is 1420 g/mol. The summed E-state index contributed by atoms with van der Waals surface area (Å²) in [5.74, 6) is 3.02. The third kappa shape index (κ3) is 69.2. The van der Waals surface area contributed by atoms with Crippen molar-refractivity contribution in [3.05, 3.63) is 0 Å². The quantitative estimate of drug-likeness (QED) is 0.0444. The zero-order valence-electron chi connectivity index (χ0n) is 66.1. The second kappa shape index (κ2) is 79.9. The summed E-state index contributed by atoms with van der Waals surface area (Å²) >= 11 is 3.18. The Labute approximate surface area is 618 Å². The summed E-state index contributed by atoms with van der Waals surface area (Å²) in [6, 6.07) is 0. The van der Waals surface area contributed by atoms with Crippen LogP contribution in [0.5, 0.6) is 0 Å². The molecule has 0 heterocycles. The maximum atomic E-state index is 13.6. The van der Waals surface area contributed by atoms with Crippen LogP contribution in [-0.2, 0) is 28.7 Å². The third-order valence-corrected chi connectivity index (χ3v) is 23.1. The number of nitrogens with zero attached hydrogens (tertiary/aromatic N) is 2. The number of aliphatic hydroxyl groups excluding tert-OH is 2. The Bertz CT molecular complexity index is 1660. The molecule has 0 spiro atoms. The predicted octanol–water partition coefficient (Wildman–Crippen LogP) is 25.3. The number of ether oxygens (including phenoxy) is 2. The third-order valence-electron chi connectivity index (χ3n) is 20.9. The van der Waals surface area contributed by atoms with Gasteiger partial charge in [-0.05, 0) is 122 Å². The number of carbonyl (C=O) groups is 4. The number of hydrogen-bond donors (Lipinski definition) is 2. The van der Waals surface area contributed by atoms with Crippen LogP contribution in [0.1, 0.15) is 433 Å². The van der Waals surface area contributed by atoms with Crippen molar-refractivity contribution in [2.24, 2.45) is 17.8 Å². The van der Waals surface area contributed by atoms with Gasteiger partial charge in [0, 0.05) is 43.4 Å². The number of esters is 2. The average Bonchev–Trinajstić information content (AvgIpc) is 2.64. The molecular weight excluding hydrogens is 1250 g/mol. The zero-order chi connectivity index (χ0) is 71.4. The molecule has 0 rings (SSSR count). The maximum absolute atomic E-state index is 13.6. The summed E-state index contributed by atoms with van der Waals surface area (Å²) in [7, 11) is 0. The Morgan fingerprint density at radius 3 is 1.01 bits per heavy atom. The minimum Gasteiger partial charge on any atom is -0.466 e. The molecule has 582 valence electrons. The van der Waals surface area contributed by atoms with Crippen LogP contribution < -0.4 is 0 Å². The zero-order valence-corrected chi connectivity index (χ0v) is 67.7. The van der Waals surface area contributed by atoms with Gasteiger partial charge in [-0.25, -0.2) is 0 Å². The molecule has 3 atom stereocenters. The fraction of sp³-hybridized carbons (Fsp3) is 0.953. The van der Waals surface area contributed by atoms with E-state index in [4.69, 9.17) is 9.47 Å². The molecule has 10 nitrogen and oxygen atoms in total. The van der Waals surface area contributed by atoms with Crippen molar-refractivity contribution in [3.8, 4) is 0 Å². The highest BCUT2D eigenvalue weighted by Crippen LogP contribution is 2.28. The van der Waals surface area contributed by atoms with Gasteiger partial charge in [0.05, 0.1) is 32.3 Å². The molecule has 0 aromatic heterocycles. The molecule has 0 fully saturated rings. The molecule has 0 aromatic rings. The van der Waals surface area contributed by atoms with Crippen LogP contribution in [0.25, 0.3) is 0 Å². The highest BCUT2D eigenvalue weighted by molar-refractivity contribution is 8.13. The Morgan fingerprint density at radius 1 is 0.306 bits per heavy atom. The van der Waals surface area contributed by atoms with E-state index in [0.717, 1.165) is 185 Å². The van der Waals surface area contributed by atoms with Crippen molar-refractivity contribution in [1.29, 1.82) is 0 Å². The van der Waals surface area contributed by atoms with Crippen molar-refractivity contribution >= 4 is 45.7 Å². The number of aliphatic hydroxyl groups is 2. The minimum absolute atomic E-state index is 0.0251. The van der Waals surface area contributed by atoms with E-state index in [-0.39, 0.29) is 37.0 Å². The van der Waals surface area contributed by atoms with Gasteiger partial charge < -0.3 is 29.5 Å². The van der Waals surface area contributed by atoms with Gasteiger partial charge in [-0.1, -0.05) is 354 Å². The number of hydrogen-bond acceptors (Lipinski definition) is 12. The monoisotopic (exact) mass is 1420 g/mol. The normalized spacial score (nSPS) is 12.7. The van der Waals surface area contributed by atoms with Crippen LogP contribution in [0, 0.1) is 17.8 Å². The Hall–Kier alpha value is -1.18. The molecule has 12 heteroatoms. The molecule has 0 aromatic carbocycles. The van der Waals surface area contributed by atoms with E-state index in [1.165, 1.54) is 263 Å². The van der Waals surface area contributed by atoms with E-state index >= 15 is 0 Å². The van der Waals surface area contributed by atoms with E-state index < -0.39 is 0 Å². The molecule has 0 saturated carbocycles. The van der Waals surface area contributed by atoms with Gasteiger partial charge in [0.25, 0.3) is 0 Å². The lowest BCUT2D eigenvalue weighted by Gasteiger charge is -2.21. The van der Waals surface area contributed by atoms with Crippen molar-refractivity contribution in [3.63, 3.8) is 0 Å². The molecule has 0 radical (unpaired) electrons. The Morgan fingerprint density at radius 2 is 0.612 bits per heavy atom. The Kier molecular flexibility index (Phi) is 79.0. The van der Waals surface area contributed by atoms with Crippen molar-refractivity contribution in [2.45, 2.75) is 433 Å². The largest absolute Gasteiger partial charge is 0.466 e. The lowest BCUT2D eigenvalue weighted by atomic mass is 9.90. The van der Waals surface area contributed by atoms with Gasteiger partial charge in [0.1, 0.15) is 0 Å². The summed E-state index contributed by atoms with van der Waals surface area (Å²) < 4.78 is 11.5. The van der Waals surface area contributed by atoms with E-state index in [1.807, 2.05) is 0 Å². The molecule has 3 unspecified atom stereocenters. The summed E-state index contributed by atoms with van der Waals surface area (Å²) in [6.45, 7) is 18.6. The first-order valence-electron chi connectivity index (χ1n) is 43.5. The number of thioether (sulfide) groups is 2. The summed E-state index contributed by atoms with van der Waals surface area (Å²) in [6.07, 6.45) is 73.5. The molecule has 98 heavy (non-hydrogen) atoms. The highest BCUT2D eigenvalue weighted by Gasteiger charge is 2.21. The lowest BCUT2D eigenvalue weighted by Crippen LogP contribution is -2.29. The predicted molar refractivity (Wildman–Crippen MR) is 429 cm³/mol. The first-order valence-corrected chi connectivity index (χ1v) is 45.5. The molecule has 0 aliphatic rings. The number of unbranched alkanes of at least 4 members (excludes halogenated alkanes) is 43. The van der Waals surface area contributed by atoms with Gasteiger partial charge in [0.15, 0.2) is 10.2 Å². The number of carbonyl (C=O) groups excluding carboxylic acids is 4. The van der Waals surface area contributed by atoms with Crippen LogP contribution in [0.4, 0.5) is 0 Å². The van der Waals surface area contributed by atoms with E-state index in [9.17, 15) is 29.4 Å². The summed E-state index contributed by atoms with van der Waals surface area (Å²) in [5, 5.41) is 20.3. The molecule has 0 bridgehead atoms. The van der Waals surface area contributed by atoms with Crippen molar-refractivity contribution in [1.82, 2.24) is 9.80 Å². The SMILES string of the molecule is CCCCCCCCCC(=O)OCCCCCCCN(CCO)CCCCCCCSC(=O)C(CCCCCCCC)CCCCCCCCC(CC)CCCCCC(CCCCCCCC)C(=O)OCCCCCCN(CCO)CCCCCCSC(=O)CCCCCCCCC. The van der Waals surface area contributed by atoms with E-state index in [0.29, 0.717) is 29.9 Å². The van der Waals surface area contributed by atoms with Gasteiger partial charge >= 0.3 is 11.9 Å². The number of rotatable bonds is 82. The van der Waals surface area contributed by atoms with Gasteiger partial charge in [-0.15, -0.1) is 0 Å². The van der Waals surface area contributed by atoms with Crippen LogP contribution in [-0.4, -0.2) is 119 Å². The smallest absolute Gasteiger partial charge is 0.308 e. The standard InChI is InChI=1S/C86H168N2O8S2/c1-6-11-15-19-23-33-50-66-83(91)95-76-56-39-27-35-52-68-87(72-74-89)69-53-36-28-41-59-79-98-86(94)82(64-47-31-22-18-14-9-4)65-48-32-26-25-29-44-60-80(10-5)61-45-43-49-63-81(62-46-30-21-17-13-8-3)85(93)96-77-57-40-37-54-70-88(73-75-90)71-55-38-42-58-78-97-84(92)67-51-34-24-20-16-12-7-2/h80-82,89-90H,6-79H2,1-5H3. The second-order valence-electron chi connectivity index (χ2n) is 30.1. The maximum Gasteiger partial charge on any atom is 0.308 e. The van der Waals surface area contributed by atoms with Gasteiger partial charge in [-0.2, -0.15) is 0 Å². The Balaban J connectivity index is 4.49.